The van der Waals surface area contributed by atoms with Crippen LogP contribution in [0, 0.1) is 0 Å². The summed E-state index contributed by atoms with van der Waals surface area (Å²) in [6, 6.07) is 17.9. The van der Waals surface area contributed by atoms with E-state index in [2.05, 4.69) is 20.8 Å². The van der Waals surface area contributed by atoms with E-state index in [1.165, 1.54) is 24.1 Å². The van der Waals surface area contributed by atoms with Crippen LogP contribution in [0.2, 0.25) is 0 Å². The van der Waals surface area contributed by atoms with E-state index < -0.39 is 17.7 Å². The van der Waals surface area contributed by atoms with Crippen molar-refractivity contribution in [3.05, 3.63) is 87.9 Å². The third-order valence-corrected chi connectivity index (χ3v) is 7.30. The van der Waals surface area contributed by atoms with Crippen molar-refractivity contribution in [2.24, 2.45) is 0 Å². The molecule has 0 aromatic heterocycles. The second-order valence-electron chi connectivity index (χ2n) is 8.82. The summed E-state index contributed by atoms with van der Waals surface area (Å²) in [5.74, 6) is -1.16. The molecule has 3 aromatic carbocycles. The van der Waals surface area contributed by atoms with Gasteiger partial charge < -0.3 is 19.8 Å². The van der Waals surface area contributed by atoms with Gasteiger partial charge in [0, 0.05) is 30.0 Å². The van der Waals surface area contributed by atoms with E-state index in [0.717, 1.165) is 31.6 Å². The summed E-state index contributed by atoms with van der Waals surface area (Å²) in [7, 11) is 1.53. The van der Waals surface area contributed by atoms with Crippen LogP contribution in [0.15, 0.2) is 76.8 Å². The topological polar surface area (TPSA) is 90.3 Å². The molecule has 8 heteroatoms. The fourth-order valence-electron chi connectivity index (χ4n) is 4.84. The summed E-state index contributed by atoms with van der Waals surface area (Å²) in [6.45, 7) is 1.99. The van der Waals surface area contributed by atoms with Crippen molar-refractivity contribution in [2.75, 3.05) is 30.0 Å². The van der Waals surface area contributed by atoms with E-state index in [-0.39, 0.29) is 17.1 Å². The fraction of sp³-hybridized carbons (Fsp3) is 0.214. The van der Waals surface area contributed by atoms with Crippen molar-refractivity contribution in [1.29, 1.82) is 0 Å². The molecular weight excluding hydrogens is 524 g/mol. The van der Waals surface area contributed by atoms with E-state index in [4.69, 9.17) is 4.74 Å². The minimum Gasteiger partial charge on any atom is -0.508 e. The molecule has 2 saturated heterocycles. The normalized spacial score (nSPS) is 19.2. The van der Waals surface area contributed by atoms with Crippen molar-refractivity contribution >= 4 is 44.8 Å². The van der Waals surface area contributed by atoms with Gasteiger partial charge in [-0.3, -0.25) is 14.5 Å². The molecular formula is C28H25BrN2O5. The Balaban J connectivity index is 1.62. The zero-order valence-corrected chi connectivity index (χ0v) is 21.2. The number of aliphatic hydroxyl groups excluding tert-OH is 1. The number of ether oxygens (including phenoxy) is 1. The molecule has 7 nitrogen and oxygen atoms in total. The third kappa shape index (κ3) is 4.22. The summed E-state index contributed by atoms with van der Waals surface area (Å²) in [5, 5.41) is 21.1. The number of phenolic OH excluding ortho intramolecular Hbond substituents is 1. The molecule has 0 saturated carbocycles. The molecule has 2 fully saturated rings. The molecule has 2 aliphatic rings. The van der Waals surface area contributed by atoms with Gasteiger partial charge in [-0.2, -0.15) is 0 Å². The highest BCUT2D eigenvalue weighted by Gasteiger charge is 2.47. The Hall–Kier alpha value is -3.78. The van der Waals surface area contributed by atoms with Crippen molar-refractivity contribution in [2.45, 2.75) is 18.9 Å². The molecule has 2 heterocycles. The maximum Gasteiger partial charge on any atom is 0.300 e. The van der Waals surface area contributed by atoms with Gasteiger partial charge in [0.05, 0.1) is 23.2 Å². The molecule has 1 atom stereocenters. The molecule has 1 amide bonds. The van der Waals surface area contributed by atoms with Gasteiger partial charge in [-0.15, -0.1) is 0 Å². The number of carbonyl (C=O) groups is 2. The lowest BCUT2D eigenvalue weighted by molar-refractivity contribution is -0.132. The van der Waals surface area contributed by atoms with Crippen molar-refractivity contribution in [3.8, 4) is 11.5 Å². The highest BCUT2D eigenvalue weighted by molar-refractivity contribution is 9.10. The number of phenols is 1. The smallest absolute Gasteiger partial charge is 0.300 e. The van der Waals surface area contributed by atoms with Crippen molar-refractivity contribution in [1.82, 2.24) is 0 Å². The zero-order valence-electron chi connectivity index (χ0n) is 19.6. The van der Waals surface area contributed by atoms with Crippen LogP contribution in [0.3, 0.4) is 0 Å². The fourth-order valence-corrected chi connectivity index (χ4v) is 5.38. The third-order valence-electron chi connectivity index (χ3n) is 6.68. The Morgan fingerprint density at radius 2 is 1.58 bits per heavy atom. The maximum absolute atomic E-state index is 13.4. The number of nitrogens with zero attached hydrogens (tertiary/aromatic N) is 2. The number of amides is 1. The SMILES string of the molecule is COc1ccc(/C(O)=C2/C(=O)C(=O)N(c3ccc(N4CCCC4)cc3)C2c2ccc(O)cc2)cc1Br. The molecule has 0 aliphatic carbocycles. The lowest BCUT2D eigenvalue weighted by Gasteiger charge is -2.26. The minimum atomic E-state index is -0.871. The number of anilines is 2. The number of ketones is 1. The van der Waals surface area contributed by atoms with Crippen LogP contribution in [-0.4, -0.2) is 42.1 Å². The van der Waals surface area contributed by atoms with Crippen LogP contribution in [0.1, 0.15) is 30.0 Å². The molecule has 184 valence electrons. The highest BCUT2D eigenvalue weighted by Crippen LogP contribution is 2.43. The Kier molecular flexibility index (Phi) is 6.45. The number of rotatable bonds is 5. The first kappa shape index (κ1) is 23.9. The number of halogens is 1. The average Bonchev–Trinajstić information content (AvgIpc) is 3.51. The molecule has 3 aromatic rings. The van der Waals surface area contributed by atoms with Gasteiger partial charge in [0.1, 0.15) is 17.3 Å². The van der Waals surface area contributed by atoms with Gasteiger partial charge in [-0.05, 0) is 88.9 Å². The first-order chi connectivity index (χ1) is 17.4. The van der Waals surface area contributed by atoms with Gasteiger partial charge in [0.15, 0.2) is 0 Å². The zero-order chi connectivity index (χ0) is 25.4. The molecule has 5 rings (SSSR count). The number of carbonyl (C=O) groups excluding carboxylic acids is 2. The molecule has 2 aliphatic heterocycles. The average molecular weight is 549 g/mol. The highest BCUT2D eigenvalue weighted by atomic mass is 79.9. The van der Waals surface area contributed by atoms with Crippen LogP contribution < -0.4 is 14.5 Å². The molecule has 36 heavy (non-hydrogen) atoms. The number of methoxy groups -OCH3 is 1. The second kappa shape index (κ2) is 9.70. The van der Waals surface area contributed by atoms with Crippen molar-refractivity contribution < 1.29 is 24.5 Å². The molecule has 0 radical (unpaired) electrons. The van der Waals surface area contributed by atoms with Crippen LogP contribution in [0.5, 0.6) is 11.5 Å². The number of Topliss-reactive ketones (excluding diaryl/α,β-unsaturated/α-hetero) is 1. The van der Waals surface area contributed by atoms with Crippen LogP contribution >= 0.6 is 15.9 Å². The van der Waals surface area contributed by atoms with E-state index in [0.29, 0.717) is 27.0 Å². The number of aromatic hydroxyl groups is 1. The summed E-state index contributed by atoms with van der Waals surface area (Å²) < 4.78 is 5.86. The number of benzene rings is 3. The quantitative estimate of drug-likeness (QED) is 0.252. The monoisotopic (exact) mass is 548 g/mol. The lowest BCUT2D eigenvalue weighted by atomic mass is 9.95. The summed E-state index contributed by atoms with van der Waals surface area (Å²) in [5.41, 5.74) is 2.55. The Bertz CT molecular complexity index is 1350. The summed E-state index contributed by atoms with van der Waals surface area (Å²) in [6.07, 6.45) is 2.30. The van der Waals surface area contributed by atoms with Gasteiger partial charge in [-0.25, -0.2) is 0 Å². The van der Waals surface area contributed by atoms with E-state index in [9.17, 15) is 19.8 Å². The molecule has 2 N–H and O–H groups in total. The van der Waals surface area contributed by atoms with Gasteiger partial charge in [-0.1, -0.05) is 12.1 Å². The number of hydrogen-bond donors (Lipinski definition) is 2. The van der Waals surface area contributed by atoms with Gasteiger partial charge >= 0.3 is 0 Å². The van der Waals surface area contributed by atoms with E-state index in [1.807, 2.05) is 24.3 Å². The standard InChI is InChI=1S/C28H25BrN2O5/c1-36-23-13-6-18(16-22(23)29)26(33)24-25(17-4-11-21(32)12-5-17)31(28(35)27(24)34)20-9-7-19(8-10-20)30-14-2-3-15-30/h4-13,16,25,32-33H,2-3,14-15H2,1H3/b26-24-. The first-order valence-electron chi connectivity index (χ1n) is 11.7. The van der Waals surface area contributed by atoms with Crippen LogP contribution in [0.4, 0.5) is 11.4 Å². The predicted molar refractivity (Wildman–Crippen MR) is 141 cm³/mol. The number of aliphatic hydroxyl groups is 1. The largest absolute Gasteiger partial charge is 0.508 e. The summed E-state index contributed by atoms with van der Waals surface area (Å²) >= 11 is 3.41. The van der Waals surface area contributed by atoms with E-state index >= 15 is 0 Å². The first-order valence-corrected chi connectivity index (χ1v) is 12.5. The Morgan fingerprint density at radius 1 is 0.944 bits per heavy atom. The lowest BCUT2D eigenvalue weighted by Crippen LogP contribution is -2.29. The minimum absolute atomic E-state index is 0.0219. The van der Waals surface area contributed by atoms with Gasteiger partial charge in [0.2, 0.25) is 0 Å². The van der Waals surface area contributed by atoms with E-state index in [1.54, 1.807) is 30.3 Å². The predicted octanol–water partition coefficient (Wildman–Crippen LogP) is 5.39. The molecule has 1 unspecified atom stereocenters. The second-order valence-corrected chi connectivity index (χ2v) is 9.67. The van der Waals surface area contributed by atoms with Crippen LogP contribution in [0.25, 0.3) is 5.76 Å². The molecule has 0 bridgehead atoms. The van der Waals surface area contributed by atoms with Crippen molar-refractivity contribution in [3.63, 3.8) is 0 Å². The Labute approximate surface area is 217 Å². The van der Waals surface area contributed by atoms with Crippen LogP contribution in [-0.2, 0) is 9.59 Å². The Morgan fingerprint density at radius 3 is 2.19 bits per heavy atom. The number of hydrogen-bond acceptors (Lipinski definition) is 6. The van der Waals surface area contributed by atoms with Gasteiger partial charge in [0.25, 0.3) is 11.7 Å². The summed E-state index contributed by atoms with van der Waals surface area (Å²) in [4.78, 5) is 30.4. The molecule has 0 spiro atoms. The maximum atomic E-state index is 13.4.